The van der Waals surface area contributed by atoms with Crippen LogP contribution in [-0.2, 0) is 0 Å². The van der Waals surface area contributed by atoms with Gasteiger partial charge >= 0.3 is 0 Å². The van der Waals surface area contributed by atoms with Crippen LogP contribution in [0.4, 0.5) is 4.39 Å². The fourth-order valence-electron chi connectivity index (χ4n) is 1.89. The molecule has 0 bridgehead atoms. The molecule has 92 valence electrons. The molecule has 5 heteroatoms. The molecule has 0 aliphatic rings. The number of benzene rings is 1. The lowest BCUT2D eigenvalue weighted by Gasteiger charge is -2.02. The Morgan fingerprint density at radius 3 is 2.79 bits per heavy atom. The minimum absolute atomic E-state index is 0.286. The average Bonchev–Trinajstić information content (AvgIpc) is 2.84. The lowest BCUT2D eigenvalue weighted by molar-refractivity contribution is 0.619. The van der Waals surface area contributed by atoms with Crippen LogP contribution in [0.25, 0.3) is 17.0 Å². The van der Waals surface area contributed by atoms with Crippen molar-refractivity contribution in [3.63, 3.8) is 0 Å². The van der Waals surface area contributed by atoms with E-state index in [0.717, 1.165) is 0 Å². The first-order valence-corrected chi connectivity index (χ1v) is 5.70. The van der Waals surface area contributed by atoms with Crippen LogP contribution in [0.15, 0.2) is 36.5 Å². The zero-order valence-corrected chi connectivity index (χ0v) is 10.1. The molecule has 3 rings (SSSR count). The first-order chi connectivity index (χ1) is 9.19. The van der Waals surface area contributed by atoms with Gasteiger partial charge in [-0.3, -0.25) is 4.40 Å². The molecule has 0 aliphatic carbocycles. The van der Waals surface area contributed by atoms with Gasteiger partial charge in [0.2, 0.25) is 0 Å². The van der Waals surface area contributed by atoms with Crippen molar-refractivity contribution in [3.05, 3.63) is 53.5 Å². The van der Waals surface area contributed by atoms with Gasteiger partial charge in [0.15, 0.2) is 11.5 Å². The smallest absolute Gasteiger partial charge is 0.168 e. The molecule has 0 saturated heterocycles. The number of rotatable bonds is 1. The van der Waals surface area contributed by atoms with Crippen LogP contribution in [0.3, 0.4) is 0 Å². The van der Waals surface area contributed by atoms with E-state index >= 15 is 0 Å². The number of fused-ring (bicyclic) bond motifs is 1. The van der Waals surface area contributed by atoms with Crippen LogP contribution in [0.1, 0.15) is 11.1 Å². The van der Waals surface area contributed by atoms with E-state index < -0.39 is 0 Å². The Kier molecular flexibility index (Phi) is 2.50. The fraction of sp³-hybridized carbons (Fsp3) is 0.0714. The van der Waals surface area contributed by atoms with Crippen molar-refractivity contribution >= 4 is 5.65 Å². The van der Waals surface area contributed by atoms with E-state index in [4.69, 9.17) is 5.26 Å². The Bertz CT molecular complexity index is 814. The summed E-state index contributed by atoms with van der Waals surface area (Å²) in [6, 6.07) is 10.3. The number of aryl methyl sites for hydroxylation is 1. The van der Waals surface area contributed by atoms with Crippen LogP contribution in [0.2, 0.25) is 0 Å². The third kappa shape index (κ3) is 1.83. The minimum atomic E-state index is -0.286. The van der Waals surface area contributed by atoms with Crippen LogP contribution >= 0.6 is 0 Å². The Morgan fingerprint density at radius 2 is 2.05 bits per heavy atom. The van der Waals surface area contributed by atoms with Crippen molar-refractivity contribution in [2.45, 2.75) is 6.92 Å². The van der Waals surface area contributed by atoms with Crippen molar-refractivity contribution in [2.75, 3.05) is 0 Å². The van der Waals surface area contributed by atoms with Gasteiger partial charge in [-0.1, -0.05) is 12.1 Å². The van der Waals surface area contributed by atoms with Gasteiger partial charge in [-0.25, -0.2) is 4.39 Å². The minimum Gasteiger partial charge on any atom is -0.281 e. The summed E-state index contributed by atoms with van der Waals surface area (Å²) < 4.78 is 15.3. The zero-order valence-electron chi connectivity index (χ0n) is 10.1. The number of hydrogen-bond acceptors (Lipinski definition) is 3. The summed E-state index contributed by atoms with van der Waals surface area (Å²) in [5, 5.41) is 17.0. The maximum absolute atomic E-state index is 13.6. The van der Waals surface area contributed by atoms with Gasteiger partial charge in [0.25, 0.3) is 0 Å². The highest BCUT2D eigenvalue weighted by atomic mass is 19.1. The molecular weight excluding hydrogens is 243 g/mol. The summed E-state index contributed by atoms with van der Waals surface area (Å²) in [4.78, 5) is 0. The van der Waals surface area contributed by atoms with Crippen molar-refractivity contribution in [1.29, 1.82) is 5.26 Å². The lowest BCUT2D eigenvalue weighted by Crippen LogP contribution is -1.92. The molecule has 4 nitrogen and oxygen atoms in total. The summed E-state index contributed by atoms with van der Waals surface area (Å²) in [5.74, 6) is 0.233. The second kappa shape index (κ2) is 4.18. The highest BCUT2D eigenvalue weighted by Gasteiger charge is 2.10. The lowest BCUT2D eigenvalue weighted by atomic mass is 10.1. The van der Waals surface area contributed by atoms with Crippen molar-refractivity contribution in [3.8, 4) is 17.5 Å². The summed E-state index contributed by atoms with van der Waals surface area (Å²) in [7, 11) is 0. The zero-order chi connectivity index (χ0) is 13.4. The van der Waals surface area contributed by atoms with Crippen LogP contribution in [0, 0.1) is 24.1 Å². The SMILES string of the molecule is Cc1ccc(-c2nnc3ccc(C#N)cn23)cc1F. The second-order valence-electron chi connectivity index (χ2n) is 4.25. The molecular formula is C14H9FN4. The predicted molar refractivity (Wildman–Crippen MR) is 67.8 cm³/mol. The van der Waals surface area contributed by atoms with E-state index in [1.54, 1.807) is 41.8 Å². The third-order valence-corrected chi connectivity index (χ3v) is 2.96. The van der Waals surface area contributed by atoms with Crippen molar-refractivity contribution < 1.29 is 4.39 Å². The highest BCUT2D eigenvalue weighted by Crippen LogP contribution is 2.21. The second-order valence-corrected chi connectivity index (χ2v) is 4.25. The molecule has 0 atom stereocenters. The molecule has 2 aromatic heterocycles. The summed E-state index contributed by atoms with van der Waals surface area (Å²) in [6.45, 7) is 1.70. The quantitative estimate of drug-likeness (QED) is 0.669. The summed E-state index contributed by atoms with van der Waals surface area (Å²) in [6.07, 6.45) is 1.64. The van der Waals surface area contributed by atoms with E-state index in [1.807, 2.05) is 0 Å². The van der Waals surface area contributed by atoms with Gasteiger partial charge in [0, 0.05) is 11.8 Å². The first kappa shape index (κ1) is 11.4. The van der Waals surface area contributed by atoms with Gasteiger partial charge in [0.1, 0.15) is 11.9 Å². The number of nitriles is 1. The molecule has 1 aromatic carbocycles. The molecule has 0 saturated carbocycles. The Balaban J connectivity index is 2.24. The number of hydrogen-bond donors (Lipinski definition) is 0. The number of aromatic nitrogens is 3. The molecule has 19 heavy (non-hydrogen) atoms. The molecule has 0 unspecified atom stereocenters. The predicted octanol–water partition coefficient (Wildman–Crippen LogP) is 2.72. The van der Waals surface area contributed by atoms with Gasteiger partial charge < -0.3 is 0 Å². The highest BCUT2D eigenvalue weighted by molar-refractivity contribution is 5.60. The number of nitrogens with zero attached hydrogens (tertiary/aromatic N) is 4. The largest absolute Gasteiger partial charge is 0.281 e. The van der Waals surface area contributed by atoms with Crippen LogP contribution in [0.5, 0.6) is 0 Å². The van der Waals surface area contributed by atoms with Crippen LogP contribution in [-0.4, -0.2) is 14.6 Å². The van der Waals surface area contributed by atoms with Crippen molar-refractivity contribution in [1.82, 2.24) is 14.6 Å². The van der Waals surface area contributed by atoms with E-state index in [2.05, 4.69) is 16.3 Å². The van der Waals surface area contributed by atoms with E-state index in [-0.39, 0.29) is 5.82 Å². The normalized spacial score (nSPS) is 10.6. The van der Waals surface area contributed by atoms with E-state index in [1.165, 1.54) is 6.07 Å². The molecule has 0 radical (unpaired) electrons. The molecule has 0 aliphatic heterocycles. The Labute approximate surface area is 108 Å². The fourth-order valence-corrected chi connectivity index (χ4v) is 1.89. The monoisotopic (exact) mass is 252 g/mol. The third-order valence-electron chi connectivity index (χ3n) is 2.96. The maximum atomic E-state index is 13.6. The Morgan fingerprint density at radius 1 is 1.21 bits per heavy atom. The number of halogens is 1. The van der Waals surface area contributed by atoms with Gasteiger partial charge in [-0.2, -0.15) is 5.26 Å². The number of pyridine rings is 1. The van der Waals surface area contributed by atoms with Gasteiger partial charge in [0.05, 0.1) is 5.56 Å². The van der Waals surface area contributed by atoms with E-state index in [0.29, 0.717) is 28.2 Å². The summed E-state index contributed by atoms with van der Waals surface area (Å²) >= 11 is 0. The standard InChI is InChI=1S/C14H9FN4/c1-9-2-4-11(6-12(9)15)14-18-17-13-5-3-10(7-16)8-19(13)14/h2-6,8H,1H3. The van der Waals surface area contributed by atoms with Crippen LogP contribution < -0.4 is 0 Å². The maximum Gasteiger partial charge on any atom is 0.168 e. The van der Waals surface area contributed by atoms with E-state index in [9.17, 15) is 4.39 Å². The summed E-state index contributed by atoms with van der Waals surface area (Å²) in [5.41, 5.74) is 2.33. The molecule has 0 N–H and O–H groups in total. The first-order valence-electron chi connectivity index (χ1n) is 5.70. The average molecular weight is 252 g/mol. The van der Waals surface area contributed by atoms with Gasteiger partial charge in [-0.15, -0.1) is 10.2 Å². The molecule has 0 spiro atoms. The molecule has 2 heterocycles. The Hall–Kier alpha value is -2.74. The molecule has 0 fully saturated rings. The topological polar surface area (TPSA) is 54.0 Å². The molecule has 3 aromatic rings. The van der Waals surface area contributed by atoms with Crippen molar-refractivity contribution in [2.24, 2.45) is 0 Å². The van der Waals surface area contributed by atoms with Gasteiger partial charge in [-0.05, 0) is 30.7 Å². The molecule has 0 amide bonds.